The van der Waals surface area contributed by atoms with Crippen molar-refractivity contribution >= 4 is 34.9 Å². The van der Waals surface area contributed by atoms with Crippen LogP contribution >= 0.6 is 11.8 Å². The molecule has 1 aliphatic rings. The van der Waals surface area contributed by atoms with Crippen LogP contribution in [0.2, 0.25) is 0 Å². The molecule has 0 atom stereocenters. The minimum atomic E-state index is -0.372. The number of carbonyl (C=O) groups excluding carboxylic acids is 3. The summed E-state index contributed by atoms with van der Waals surface area (Å²) in [7, 11) is 0. The number of imide groups is 1. The molecule has 1 saturated heterocycles. The lowest BCUT2D eigenvalue weighted by Crippen LogP contribution is -2.38. The number of benzene rings is 1. The maximum Gasteiger partial charge on any atom is 0.293 e. The highest BCUT2D eigenvalue weighted by Crippen LogP contribution is 2.31. The van der Waals surface area contributed by atoms with Gasteiger partial charge in [0.25, 0.3) is 17.1 Å². The van der Waals surface area contributed by atoms with Crippen LogP contribution in [0.5, 0.6) is 5.75 Å². The van der Waals surface area contributed by atoms with Gasteiger partial charge in [-0.3, -0.25) is 24.3 Å². The number of rotatable bonds is 7. The summed E-state index contributed by atoms with van der Waals surface area (Å²) in [6.07, 6.45) is 4.87. The highest BCUT2D eigenvalue weighted by atomic mass is 32.2. The lowest BCUT2D eigenvalue weighted by atomic mass is 10.2. The lowest BCUT2D eigenvalue weighted by Gasteiger charge is -2.13. The smallest absolute Gasteiger partial charge is 0.293 e. The molecule has 3 amide bonds. The fourth-order valence-electron chi connectivity index (χ4n) is 2.33. The number of nitrogens with zero attached hydrogens (tertiary/aromatic N) is 2. The molecule has 7 nitrogen and oxygen atoms in total. The zero-order valence-corrected chi connectivity index (χ0v) is 15.1. The number of aromatic nitrogens is 1. The van der Waals surface area contributed by atoms with E-state index < -0.39 is 0 Å². The molecule has 1 N–H and O–H groups in total. The third-order valence-electron chi connectivity index (χ3n) is 3.63. The van der Waals surface area contributed by atoms with Crippen LogP contribution < -0.4 is 10.1 Å². The van der Waals surface area contributed by atoms with E-state index >= 15 is 0 Å². The first kappa shape index (κ1) is 18.7. The van der Waals surface area contributed by atoms with Gasteiger partial charge in [-0.15, -0.1) is 0 Å². The molecule has 27 heavy (non-hydrogen) atoms. The van der Waals surface area contributed by atoms with E-state index in [0.29, 0.717) is 10.7 Å². The molecule has 2 heterocycles. The van der Waals surface area contributed by atoms with Crippen molar-refractivity contribution in [2.45, 2.75) is 0 Å². The predicted molar refractivity (Wildman–Crippen MR) is 102 cm³/mol. The average molecular weight is 383 g/mol. The molecule has 1 aromatic heterocycles. The van der Waals surface area contributed by atoms with Gasteiger partial charge in [0.2, 0.25) is 0 Å². The summed E-state index contributed by atoms with van der Waals surface area (Å²) in [5, 5.41) is 2.28. The first-order chi connectivity index (χ1) is 13.1. The van der Waals surface area contributed by atoms with E-state index in [4.69, 9.17) is 4.74 Å². The molecule has 0 bridgehead atoms. The van der Waals surface area contributed by atoms with Crippen LogP contribution in [0.3, 0.4) is 0 Å². The van der Waals surface area contributed by atoms with Crippen molar-refractivity contribution in [2.24, 2.45) is 0 Å². The van der Waals surface area contributed by atoms with Crippen LogP contribution in [0.1, 0.15) is 5.56 Å². The standard InChI is InChI=1S/C19H17N3O4S/c23-17(13-26-15-6-2-1-3-7-15)21-9-10-22-18(24)16(27-19(22)25)11-14-5-4-8-20-12-14/h1-8,11-12H,9-10,13H2,(H,21,23)/b16-11-. The molecule has 0 radical (unpaired) electrons. The fourth-order valence-corrected chi connectivity index (χ4v) is 3.19. The molecule has 0 spiro atoms. The Morgan fingerprint density at radius 2 is 2.00 bits per heavy atom. The van der Waals surface area contributed by atoms with Crippen molar-refractivity contribution < 1.29 is 19.1 Å². The molecule has 0 unspecified atom stereocenters. The fraction of sp³-hybridized carbons (Fsp3) is 0.158. The van der Waals surface area contributed by atoms with Crippen molar-refractivity contribution in [2.75, 3.05) is 19.7 Å². The normalized spacial score (nSPS) is 15.3. The number of carbonyl (C=O) groups is 3. The highest BCUT2D eigenvalue weighted by molar-refractivity contribution is 8.18. The van der Waals surface area contributed by atoms with Crippen LogP contribution in [-0.2, 0) is 9.59 Å². The number of para-hydroxylation sites is 1. The lowest BCUT2D eigenvalue weighted by molar-refractivity contribution is -0.125. The monoisotopic (exact) mass is 383 g/mol. The highest BCUT2D eigenvalue weighted by Gasteiger charge is 2.34. The molecule has 2 aromatic rings. The van der Waals surface area contributed by atoms with Crippen LogP contribution in [-0.4, -0.2) is 46.6 Å². The van der Waals surface area contributed by atoms with Crippen molar-refractivity contribution in [3.05, 3.63) is 65.3 Å². The zero-order valence-electron chi connectivity index (χ0n) is 14.3. The van der Waals surface area contributed by atoms with Crippen LogP contribution in [0.25, 0.3) is 6.08 Å². The molecule has 1 aliphatic heterocycles. The van der Waals surface area contributed by atoms with E-state index in [0.717, 1.165) is 22.2 Å². The van der Waals surface area contributed by atoms with E-state index in [1.807, 2.05) is 18.2 Å². The molecular formula is C19H17N3O4S. The maximum atomic E-state index is 12.4. The third kappa shape index (κ3) is 5.18. The van der Waals surface area contributed by atoms with Crippen LogP contribution in [0, 0.1) is 0 Å². The quantitative estimate of drug-likeness (QED) is 0.738. The topological polar surface area (TPSA) is 88.6 Å². The summed E-state index contributed by atoms with van der Waals surface area (Å²) in [5.74, 6) is -0.0977. The van der Waals surface area contributed by atoms with E-state index in [1.54, 1.807) is 42.7 Å². The second-order valence-corrected chi connectivity index (χ2v) is 6.56. The van der Waals surface area contributed by atoms with Gasteiger partial charge >= 0.3 is 0 Å². The van der Waals surface area contributed by atoms with Crippen LogP contribution in [0.15, 0.2) is 59.8 Å². The third-order valence-corrected chi connectivity index (χ3v) is 4.53. The molecule has 1 aromatic carbocycles. The van der Waals surface area contributed by atoms with Gasteiger partial charge in [-0.2, -0.15) is 0 Å². The van der Waals surface area contributed by atoms with Gasteiger partial charge in [0, 0.05) is 25.5 Å². The Kier molecular flexibility index (Phi) is 6.22. The summed E-state index contributed by atoms with van der Waals surface area (Å²) in [5.41, 5.74) is 0.745. The van der Waals surface area contributed by atoms with Gasteiger partial charge in [0.1, 0.15) is 5.75 Å². The van der Waals surface area contributed by atoms with Gasteiger partial charge in [-0.25, -0.2) is 0 Å². The van der Waals surface area contributed by atoms with Crippen molar-refractivity contribution in [1.82, 2.24) is 15.2 Å². The summed E-state index contributed by atoms with van der Waals surface area (Å²) in [6.45, 7) is 0.133. The Bertz CT molecular complexity index is 856. The number of hydrogen-bond acceptors (Lipinski definition) is 6. The van der Waals surface area contributed by atoms with E-state index in [2.05, 4.69) is 10.3 Å². The molecular weight excluding hydrogens is 366 g/mol. The Labute approximate surface area is 160 Å². The number of pyridine rings is 1. The van der Waals surface area contributed by atoms with Crippen molar-refractivity contribution in [3.63, 3.8) is 0 Å². The summed E-state index contributed by atoms with van der Waals surface area (Å²) in [6, 6.07) is 12.5. The predicted octanol–water partition coefficient (Wildman–Crippen LogP) is 2.31. The van der Waals surface area contributed by atoms with E-state index in [9.17, 15) is 14.4 Å². The van der Waals surface area contributed by atoms with E-state index in [-0.39, 0.29) is 36.7 Å². The number of amides is 3. The molecule has 0 aliphatic carbocycles. The second-order valence-electron chi connectivity index (χ2n) is 5.57. The Hall–Kier alpha value is -3.13. The van der Waals surface area contributed by atoms with Gasteiger partial charge < -0.3 is 10.1 Å². The van der Waals surface area contributed by atoms with Gasteiger partial charge in [0.15, 0.2) is 6.61 Å². The summed E-state index contributed by atoms with van der Waals surface area (Å²) in [4.78, 5) is 41.7. The SMILES string of the molecule is O=C(COc1ccccc1)NCCN1C(=O)S/C(=C\c2cccnc2)C1=O. The first-order valence-electron chi connectivity index (χ1n) is 8.23. The molecule has 8 heteroatoms. The summed E-state index contributed by atoms with van der Waals surface area (Å²) < 4.78 is 5.34. The van der Waals surface area contributed by atoms with Crippen molar-refractivity contribution in [1.29, 1.82) is 0 Å². The number of hydrogen-bond donors (Lipinski definition) is 1. The van der Waals surface area contributed by atoms with Crippen LogP contribution in [0.4, 0.5) is 4.79 Å². The van der Waals surface area contributed by atoms with Gasteiger partial charge in [-0.1, -0.05) is 24.3 Å². The Morgan fingerprint density at radius 1 is 1.19 bits per heavy atom. The Balaban J connectivity index is 1.46. The Morgan fingerprint density at radius 3 is 2.74 bits per heavy atom. The molecule has 0 saturated carbocycles. The number of thioether (sulfide) groups is 1. The minimum absolute atomic E-state index is 0.103. The minimum Gasteiger partial charge on any atom is -0.484 e. The second kappa shape index (κ2) is 9.00. The summed E-state index contributed by atoms with van der Waals surface area (Å²) >= 11 is 0.876. The number of ether oxygens (including phenoxy) is 1. The molecule has 3 rings (SSSR count). The van der Waals surface area contributed by atoms with E-state index in [1.165, 1.54) is 0 Å². The maximum absolute atomic E-state index is 12.4. The number of nitrogens with one attached hydrogen (secondary N) is 1. The molecule has 1 fully saturated rings. The van der Waals surface area contributed by atoms with Gasteiger partial charge in [0.05, 0.1) is 4.91 Å². The molecule has 138 valence electrons. The average Bonchev–Trinajstić information content (AvgIpc) is 2.95. The largest absolute Gasteiger partial charge is 0.484 e. The first-order valence-corrected chi connectivity index (χ1v) is 9.05. The zero-order chi connectivity index (χ0) is 19.1. The van der Waals surface area contributed by atoms with Gasteiger partial charge in [-0.05, 0) is 41.6 Å². The van der Waals surface area contributed by atoms with Crippen molar-refractivity contribution in [3.8, 4) is 5.75 Å².